The summed E-state index contributed by atoms with van der Waals surface area (Å²) in [5.74, 6) is -1.29. The monoisotopic (exact) mass is 240 g/mol. The molecule has 17 heavy (non-hydrogen) atoms. The molecule has 1 saturated carbocycles. The average molecular weight is 240 g/mol. The minimum atomic E-state index is -1.30. The van der Waals surface area contributed by atoms with Gasteiger partial charge in [-0.2, -0.15) is 0 Å². The highest BCUT2D eigenvalue weighted by Crippen LogP contribution is 2.36. The van der Waals surface area contributed by atoms with Crippen LogP contribution in [0.4, 0.5) is 0 Å². The maximum atomic E-state index is 12.1. The lowest BCUT2D eigenvalue weighted by atomic mass is 9.72. The van der Waals surface area contributed by atoms with Gasteiger partial charge in [-0.3, -0.25) is 9.59 Å². The van der Waals surface area contributed by atoms with Gasteiger partial charge in [0.25, 0.3) is 0 Å². The molecule has 0 aromatic rings. The van der Waals surface area contributed by atoms with E-state index in [1.54, 1.807) is 0 Å². The first kappa shape index (κ1) is 13.9. The number of carbonyl (C=O) groups excluding carboxylic acids is 2. The SMILES string of the molecule is CC(=O)CCC1(C(=O)O)CCCCCCC1=O. The Morgan fingerprint density at radius 2 is 1.88 bits per heavy atom. The van der Waals surface area contributed by atoms with Crippen LogP contribution in [0.3, 0.4) is 0 Å². The van der Waals surface area contributed by atoms with Crippen molar-refractivity contribution < 1.29 is 19.5 Å². The van der Waals surface area contributed by atoms with E-state index in [2.05, 4.69) is 0 Å². The highest BCUT2D eigenvalue weighted by molar-refractivity contribution is 6.03. The Morgan fingerprint density at radius 3 is 2.47 bits per heavy atom. The van der Waals surface area contributed by atoms with E-state index in [0.717, 1.165) is 25.7 Å². The van der Waals surface area contributed by atoms with Crippen molar-refractivity contribution in [3.05, 3.63) is 0 Å². The Hall–Kier alpha value is -1.19. The largest absolute Gasteiger partial charge is 0.480 e. The standard InChI is InChI=1S/C13H20O4/c1-10(14)7-9-13(12(16)17)8-5-3-2-4-6-11(13)15/h2-9H2,1H3,(H,16,17). The minimum Gasteiger partial charge on any atom is -0.480 e. The molecule has 0 spiro atoms. The van der Waals surface area contributed by atoms with Crippen LogP contribution >= 0.6 is 0 Å². The second-order valence-electron chi connectivity index (χ2n) is 4.93. The normalized spacial score (nSPS) is 26.1. The van der Waals surface area contributed by atoms with Gasteiger partial charge in [0, 0.05) is 12.8 Å². The van der Waals surface area contributed by atoms with Crippen LogP contribution in [-0.2, 0) is 14.4 Å². The smallest absolute Gasteiger partial charge is 0.317 e. The highest BCUT2D eigenvalue weighted by Gasteiger charge is 2.44. The van der Waals surface area contributed by atoms with Crippen molar-refractivity contribution in [3.63, 3.8) is 0 Å². The van der Waals surface area contributed by atoms with Crippen molar-refractivity contribution in [1.29, 1.82) is 0 Å². The molecule has 96 valence electrons. The van der Waals surface area contributed by atoms with Crippen LogP contribution in [0.5, 0.6) is 0 Å². The Bertz CT molecular complexity index is 321. The van der Waals surface area contributed by atoms with E-state index in [4.69, 9.17) is 0 Å². The summed E-state index contributed by atoms with van der Waals surface area (Å²) in [5, 5.41) is 9.36. The average Bonchev–Trinajstić information content (AvgIpc) is 2.23. The molecule has 1 N–H and O–H groups in total. The van der Waals surface area contributed by atoms with E-state index >= 15 is 0 Å². The summed E-state index contributed by atoms with van der Waals surface area (Å²) >= 11 is 0. The first-order valence-corrected chi connectivity index (χ1v) is 6.25. The molecule has 0 bridgehead atoms. The molecule has 0 aliphatic heterocycles. The molecule has 1 atom stereocenters. The van der Waals surface area contributed by atoms with Crippen LogP contribution in [0.1, 0.15) is 58.3 Å². The van der Waals surface area contributed by atoms with Gasteiger partial charge in [0.15, 0.2) is 0 Å². The number of hydrogen-bond donors (Lipinski definition) is 1. The molecule has 0 radical (unpaired) electrons. The number of aliphatic carboxylic acids is 1. The van der Waals surface area contributed by atoms with Gasteiger partial charge < -0.3 is 9.90 Å². The van der Waals surface area contributed by atoms with Gasteiger partial charge in [0.2, 0.25) is 0 Å². The van der Waals surface area contributed by atoms with Gasteiger partial charge in [-0.1, -0.05) is 19.3 Å². The Morgan fingerprint density at radius 1 is 1.24 bits per heavy atom. The predicted octanol–water partition coefficient (Wildman–Crippen LogP) is 2.35. The van der Waals surface area contributed by atoms with Gasteiger partial charge in [0.1, 0.15) is 17.0 Å². The fourth-order valence-corrected chi connectivity index (χ4v) is 2.43. The first-order chi connectivity index (χ1) is 7.99. The van der Waals surface area contributed by atoms with Gasteiger partial charge in [-0.25, -0.2) is 0 Å². The van der Waals surface area contributed by atoms with E-state index in [-0.39, 0.29) is 24.4 Å². The zero-order chi connectivity index (χ0) is 12.9. The lowest BCUT2D eigenvalue weighted by Crippen LogP contribution is -2.40. The van der Waals surface area contributed by atoms with Crippen molar-refractivity contribution in [2.45, 2.75) is 58.3 Å². The van der Waals surface area contributed by atoms with Crippen molar-refractivity contribution >= 4 is 17.5 Å². The highest BCUT2D eigenvalue weighted by atomic mass is 16.4. The zero-order valence-electron chi connectivity index (χ0n) is 10.3. The number of ketones is 2. The molecule has 1 unspecified atom stereocenters. The number of carbonyl (C=O) groups is 3. The summed E-state index contributed by atoms with van der Waals surface area (Å²) in [5.41, 5.74) is -1.30. The fraction of sp³-hybridized carbons (Fsp3) is 0.769. The number of hydrogen-bond acceptors (Lipinski definition) is 3. The summed E-state index contributed by atoms with van der Waals surface area (Å²) in [6.07, 6.45) is 4.56. The Labute approximate surface area is 101 Å². The predicted molar refractivity (Wildman–Crippen MR) is 62.7 cm³/mol. The summed E-state index contributed by atoms with van der Waals surface area (Å²) in [6, 6.07) is 0. The number of rotatable bonds is 4. The maximum absolute atomic E-state index is 12.1. The third kappa shape index (κ3) is 3.38. The van der Waals surface area contributed by atoms with Crippen molar-refractivity contribution in [2.24, 2.45) is 5.41 Å². The summed E-state index contributed by atoms with van der Waals surface area (Å²) < 4.78 is 0. The number of carboxylic acid groups (broad SMARTS) is 1. The molecule has 0 aromatic carbocycles. The van der Waals surface area contributed by atoms with Crippen LogP contribution in [0.25, 0.3) is 0 Å². The molecular weight excluding hydrogens is 220 g/mol. The second kappa shape index (κ2) is 5.94. The van der Waals surface area contributed by atoms with Gasteiger partial charge in [0.05, 0.1) is 0 Å². The van der Waals surface area contributed by atoms with Crippen LogP contribution in [0.15, 0.2) is 0 Å². The second-order valence-corrected chi connectivity index (χ2v) is 4.93. The lowest BCUT2D eigenvalue weighted by molar-refractivity contribution is -0.156. The number of Topliss-reactive ketones (excluding diaryl/α,β-unsaturated/α-hetero) is 2. The molecule has 0 aromatic heterocycles. The molecule has 1 aliphatic carbocycles. The van der Waals surface area contributed by atoms with Crippen molar-refractivity contribution in [2.75, 3.05) is 0 Å². The third-order valence-electron chi connectivity index (χ3n) is 3.60. The minimum absolute atomic E-state index is 0.0551. The van der Waals surface area contributed by atoms with E-state index in [0.29, 0.717) is 12.8 Å². The molecule has 1 rings (SSSR count). The van der Waals surface area contributed by atoms with Crippen LogP contribution in [-0.4, -0.2) is 22.6 Å². The summed E-state index contributed by atoms with van der Waals surface area (Å²) in [6.45, 7) is 1.43. The van der Waals surface area contributed by atoms with Crippen molar-refractivity contribution in [1.82, 2.24) is 0 Å². The van der Waals surface area contributed by atoms with Crippen LogP contribution in [0.2, 0.25) is 0 Å². The topological polar surface area (TPSA) is 71.4 Å². The number of carboxylic acids is 1. The summed E-state index contributed by atoms with van der Waals surface area (Å²) in [4.78, 5) is 34.5. The van der Waals surface area contributed by atoms with Gasteiger partial charge in [-0.05, 0) is 26.2 Å². The third-order valence-corrected chi connectivity index (χ3v) is 3.60. The lowest BCUT2D eigenvalue weighted by Gasteiger charge is -2.29. The van der Waals surface area contributed by atoms with Crippen LogP contribution < -0.4 is 0 Å². The quantitative estimate of drug-likeness (QED) is 0.766. The molecule has 0 saturated heterocycles. The molecule has 0 amide bonds. The Balaban J connectivity index is 2.87. The molecular formula is C13H20O4. The molecule has 0 heterocycles. The zero-order valence-corrected chi connectivity index (χ0v) is 10.3. The fourth-order valence-electron chi connectivity index (χ4n) is 2.43. The van der Waals surface area contributed by atoms with Crippen LogP contribution in [0, 0.1) is 5.41 Å². The van der Waals surface area contributed by atoms with E-state index < -0.39 is 11.4 Å². The van der Waals surface area contributed by atoms with Gasteiger partial charge >= 0.3 is 5.97 Å². The van der Waals surface area contributed by atoms with E-state index in [1.807, 2.05) is 0 Å². The molecule has 4 heteroatoms. The van der Waals surface area contributed by atoms with Gasteiger partial charge in [-0.15, -0.1) is 0 Å². The molecule has 4 nitrogen and oxygen atoms in total. The summed E-state index contributed by atoms with van der Waals surface area (Å²) in [7, 11) is 0. The molecule has 1 fully saturated rings. The maximum Gasteiger partial charge on any atom is 0.317 e. The first-order valence-electron chi connectivity index (χ1n) is 6.25. The molecule has 1 aliphatic rings. The Kier molecular flexibility index (Phi) is 4.85. The van der Waals surface area contributed by atoms with E-state index in [1.165, 1.54) is 6.92 Å². The van der Waals surface area contributed by atoms with Crippen molar-refractivity contribution in [3.8, 4) is 0 Å². The van der Waals surface area contributed by atoms with E-state index in [9.17, 15) is 19.5 Å².